The van der Waals surface area contributed by atoms with E-state index in [1.807, 2.05) is 0 Å². The standard InChI is InChI=1S/C51H92NO9P/c1-3-5-7-9-11-13-15-17-19-21-23-24-26-28-30-32-34-36-38-40-42-44-58-45-48(46-59-62(56,57)60-47-49(52)51(54)55)61-50(53)43-41-39-37-35-33-31-29-27-25-22-20-18-16-14-12-10-8-6-4-2/h6,8,12,14,18,20,25,27,31,33,48-49H,3-5,7,9-11,13,15-17,19,21-24,26,28-30,32,34-47,52H2,1-2H3,(H,54,55)(H,56,57)/b8-6-,14-12-,20-18-,27-25-,33-31-. The fourth-order valence-electron chi connectivity index (χ4n) is 6.75. The normalized spacial score (nSPS) is 14.3. The predicted octanol–water partition coefficient (Wildman–Crippen LogP) is 14.4. The number of carboxylic acids is 1. The van der Waals surface area contributed by atoms with Gasteiger partial charge in [-0.3, -0.25) is 18.6 Å². The maximum Gasteiger partial charge on any atom is 0.472 e. The average Bonchev–Trinajstić information content (AvgIpc) is 3.25. The van der Waals surface area contributed by atoms with E-state index in [1.165, 1.54) is 116 Å². The highest BCUT2D eigenvalue weighted by Gasteiger charge is 2.27. The summed E-state index contributed by atoms with van der Waals surface area (Å²) in [4.78, 5) is 33.6. The number of allylic oxidation sites excluding steroid dienone is 10. The Balaban J connectivity index is 4.20. The van der Waals surface area contributed by atoms with Crippen LogP contribution in [0.5, 0.6) is 0 Å². The number of carbonyl (C=O) groups is 2. The zero-order chi connectivity index (χ0) is 45.5. The number of phosphoric ester groups is 1. The Labute approximate surface area is 379 Å². The van der Waals surface area contributed by atoms with E-state index in [1.54, 1.807) is 0 Å². The van der Waals surface area contributed by atoms with E-state index < -0.39 is 45.1 Å². The van der Waals surface area contributed by atoms with Crippen molar-refractivity contribution in [1.82, 2.24) is 0 Å². The van der Waals surface area contributed by atoms with Gasteiger partial charge in [0, 0.05) is 13.0 Å². The molecule has 0 bridgehead atoms. The fraction of sp³-hybridized carbons (Fsp3) is 0.765. The molecule has 0 aliphatic heterocycles. The Morgan fingerprint density at radius 1 is 0.532 bits per heavy atom. The molecule has 0 spiro atoms. The molecule has 62 heavy (non-hydrogen) atoms. The summed E-state index contributed by atoms with van der Waals surface area (Å²) in [5.41, 5.74) is 5.37. The Bertz CT molecular complexity index is 1220. The van der Waals surface area contributed by atoms with Crippen LogP contribution in [0.2, 0.25) is 0 Å². The van der Waals surface area contributed by atoms with Crippen molar-refractivity contribution >= 4 is 19.8 Å². The lowest BCUT2D eigenvalue weighted by molar-refractivity contribution is -0.154. The van der Waals surface area contributed by atoms with E-state index in [2.05, 4.69) is 74.6 Å². The van der Waals surface area contributed by atoms with Gasteiger partial charge in [-0.1, -0.05) is 209 Å². The van der Waals surface area contributed by atoms with Crippen LogP contribution in [-0.4, -0.2) is 60.5 Å². The number of nitrogens with two attached hydrogens (primary N) is 1. The largest absolute Gasteiger partial charge is 0.480 e. The summed E-state index contributed by atoms with van der Waals surface area (Å²) in [5.74, 6) is -1.81. The van der Waals surface area contributed by atoms with E-state index in [-0.39, 0.29) is 13.0 Å². The van der Waals surface area contributed by atoms with Crippen LogP contribution in [0.15, 0.2) is 60.8 Å². The number of phosphoric acid groups is 1. The molecule has 3 atom stereocenters. The molecule has 4 N–H and O–H groups in total. The number of esters is 1. The quantitative estimate of drug-likeness (QED) is 0.0233. The Morgan fingerprint density at radius 2 is 0.935 bits per heavy atom. The Hall–Kier alpha value is -2.33. The summed E-state index contributed by atoms with van der Waals surface area (Å²) >= 11 is 0. The molecule has 0 aromatic rings. The topological polar surface area (TPSA) is 155 Å². The number of rotatable bonds is 47. The molecule has 11 heteroatoms. The second-order valence-corrected chi connectivity index (χ2v) is 18.0. The van der Waals surface area contributed by atoms with E-state index in [9.17, 15) is 19.0 Å². The number of ether oxygens (including phenoxy) is 2. The lowest BCUT2D eigenvalue weighted by atomic mass is 10.0. The molecule has 0 heterocycles. The molecule has 0 amide bonds. The number of carboxylic acid groups (broad SMARTS) is 1. The lowest BCUT2D eigenvalue weighted by Gasteiger charge is -2.20. The second-order valence-electron chi connectivity index (χ2n) is 16.6. The van der Waals surface area contributed by atoms with Gasteiger partial charge in [0.15, 0.2) is 0 Å². The number of hydrogen-bond donors (Lipinski definition) is 3. The van der Waals surface area contributed by atoms with Crippen molar-refractivity contribution in [1.29, 1.82) is 0 Å². The average molecular weight is 894 g/mol. The monoisotopic (exact) mass is 894 g/mol. The van der Waals surface area contributed by atoms with Crippen molar-refractivity contribution in [2.75, 3.05) is 26.4 Å². The van der Waals surface area contributed by atoms with E-state index in [0.29, 0.717) is 13.0 Å². The molecule has 0 aromatic heterocycles. The van der Waals surface area contributed by atoms with Gasteiger partial charge < -0.3 is 25.2 Å². The first-order chi connectivity index (χ1) is 30.2. The van der Waals surface area contributed by atoms with Crippen molar-refractivity contribution < 1.29 is 42.7 Å². The van der Waals surface area contributed by atoms with Gasteiger partial charge in [0.1, 0.15) is 12.1 Å². The summed E-state index contributed by atoms with van der Waals surface area (Å²) in [7, 11) is -4.63. The SMILES string of the molecule is CC/C=C\C/C=C\C/C=C\C/C=C\C/C=C\CCCCCC(=O)OC(COCCCCCCCCCCCCCCCCCCCCCCC)COP(=O)(O)OCC(N)C(=O)O. The summed E-state index contributed by atoms with van der Waals surface area (Å²) in [6, 6.07) is -1.48. The highest BCUT2D eigenvalue weighted by Crippen LogP contribution is 2.43. The number of hydrogen-bond acceptors (Lipinski definition) is 8. The van der Waals surface area contributed by atoms with Gasteiger partial charge in [-0.05, 0) is 57.8 Å². The minimum atomic E-state index is -4.63. The molecule has 0 aliphatic carbocycles. The maximum atomic E-state index is 12.7. The highest BCUT2D eigenvalue weighted by molar-refractivity contribution is 7.47. The molecule has 0 saturated carbocycles. The molecule has 0 saturated heterocycles. The zero-order valence-electron chi connectivity index (χ0n) is 39.5. The molecule has 0 radical (unpaired) electrons. The molecule has 360 valence electrons. The van der Waals surface area contributed by atoms with Gasteiger partial charge in [0.05, 0.1) is 19.8 Å². The van der Waals surface area contributed by atoms with Gasteiger partial charge in [-0.2, -0.15) is 0 Å². The number of unbranched alkanes of at least 4 members (excludes halogenated alkanes) is 23. The molecule has 3 unspecified atom stereocenters. The van der Waals surface area contributed by atoms with Crippen molar-refractivity contribution in [2.45, 2.75) is 225 Å². The van der Waals surface area contributed by atoms with Crippen LogP contribution >= 0.6 is 7.82 Å². The smallest absolute Gasteiger partial charge is 0.472 e. The van der Waals surface area contributed by atoms with Gasteiger partial charge in [-0.15, -0.1) is 0 Å². The van der Waals surface area contributed by atoms with Crippen LogP contribution in [0, 0.1) is 0 Å². The van der Waals surface area contributed by atoms with Crippen LogP contribution in [0.25, 0.3) is 0 Å². The molecule has 10 nitrogen and oxygen atoms in total. The van der Waals surface area contributed by atoms with Crippen LogP contribution in [0.1, 0.15) is 213 Å². The van der Waals surface area contributed by atoms with Gasteiger partial charge in [0.2, 0.25) is 0 Å². The molecule has 0 aromatic carbocycles. The summed E-state index contributed by atoms with van der Waals surface area (Å²) in [5, 5.41) is 8.92. The number of aliphatic carboxylic acids is 1. The van der Waals surface area contributed by atoms with Crippen LogP contribution in [-0.2, 0) is 32.7 Å². The molecular formula is C51H92NO9P. The van der Waals surface area contributed by atoms with E-state index in [4.69, 9.17) is 29.4 Å². The number of carbonyl (C=O) groups excluding carboxylic acids is 1. The van der Waals surface area contributed by atoms with E-state index >= 15 is 0 Å². The van der Waals surface area contributed by atoms with Crippen molar-refractivity contribution in [3.8, 4) is 0 Å². The summed E-state index contributed by atoms with van der Waals surface area (Å²) in [6.45, 7) is 3.75. The highest BCUT2D eigenvalue weighted by atomic mass is 31.2. The van der Waals surface area contributed by atoms with Crippen LogP contribution < -0.4 is 5.73 Å². The predicted molar refractivity (Wildman–Crippen MR) is 258 cm³/mol. The van der Waals surface area contributed by atoms with Crippen molar-refractivity contribution in [3.63, 3.8) is 0 Å². The van der Waals surface area contributed by atoms with Gasteiger partial charge in [-0.25, -0.2) is 4.57 Å². The van der Waals surface area contributed by atoms with Crippen molar-refractivity contribution in [3.05, 3.63) is 60.8 Å². The third-order valence-electron chi connectivity index (χ3n) is 10.6. The Morgan fingerprint density at radius 3 is 1.39 bits per heavy atom. The summed E-state index contributed by atoms with van der Waals surface area (Å²) in [6.07, 6.45) is 57.1. The van der Waals surface area contributed by atoms with Crippen LogP contribution in [0.3, 0.4) is 0 Å². The van der Waals surface area contributed by atoms with E-state index in [0.717, 1.165) is 70.6 Å². The molecule has 0 fully saturated rings. The Kier molecular flexibility index (Phi) is 44.9. The maximum absolute atomic E-state index is 12.7. The molecular weight excluding hydrogens is 802 g/mol. The second kappa shape index (κ2) is 46.7. The van der Waals surface area contributed by atoms with Gasteiger partial charge in [0.25, 0.3) is 0 Å². The minimum Gasteiger partial charge on any atom is -0.480 e. The fourth-order valence-corrected chi connectivity index (χ4v) is 7.53. The third kappa shape index (κ3) is 45.7. The van der Waals surface area contributed by atoms with Crippen molar-refractivity contribution in [2.24, 2.45) is 5.73 Å². The first kappa shape index (κ1) is 59.7. The first-order valence-corrected chi connectivity index (χ1v) is 26.3. The first-order valence-electron chi connectivity index (χ1n) is 24.8. The minimum absolute atomic E-state index is 0.00362. The molecule has 0 rings (SSSR count). The zero-order valence-corrected chi connectivity index (χ0v) is 40.3. The van der Waals surface area contributed by atoms with Gasteiger partial charge >= 0.3 is 19.8 Å². The summed E-state index contributed by atoms with van der Waals surface area (Å²) < 4.78 is 33.4. The molecule has 0 aliphatic rings. The lowest BCUT2D eigenvalue weighted by Crippen LogP contribution is -2.34. The van der Waals surface area contributed by atoms with Crippen LogP contribution in [0.4, 0.5) is 0 Å². The third-order valence-corrected chi connectivity index (χ3v) is 11.5.